The van der Waals surface area contributed by atoms with E-state index < -0.39 is 9.84 Å². The predicted octanol–water partition coefficient (Wildman–Crippen LogP) is 0.528. The van der Waals surface area contributed by atoms with E-state index in [1.165, 1.54) is 0 Å². The molecule has 2 amide bonds. The Morgan fingerprint density at radius 1 is 1.09 bits per heavy atom. The highest BCUT2D eigenvalue weighted by Gasteiger charge is 2.36. The van der Waals surface area contributed by atoms with Gasteiger partial charge in [0.25, 0.3) is 0 Å². The maximum Gasteiger partial charge on any atom is 0.226 e. The normalized spacial score (nSPS) is 24.8. The van der Waals surface area contributed by atoms with E-state index in [-0.39, 0.29) is 29.2 Å². The van der Waals surface area contributed by atoms with Crippen molar-refractivity contribution in [1.82, 2.24) is 9.80 Å². The zero-order chi connectivity index (χ0) is 16.3. The number of hydrogen-bond acceptors (Lipinski definition) is 4. The number of nitrogens with zero attached hydrogens (tertiary/aromatic N) is 2. The molecule has 1 unspecified atom stereocenters. The quantitative estimate of drug-likeness (QED) is 0.753. The summed E-state index contributed by atoms with van der Waals surface area (Å²) in [5.74, 6) is 0.333. The highest BCUT2D eigenvalue weighted by Crippen LogP contribution is 2.21. The SMILES string of the molecule is CC(C)CCC(=O)N1CCN(C(=O)C2CCS(=O)(=O)C2)CC1. The highest BCUT2D eigenvalue weighted by atomic mass is 32.2. The van der Waals surface area contributed by atoms with Crippen molar-refractivity contribution in [3.63, 3.8) is 0 Å². The van der Waals surface area contributed by atoms with E-state index in [0.29, 0.717) is 44.9 Å². The van der Waals surface area contributed by atoms with E-state index in [4.69, 9.17) is 0 Å². The largest absolute Gasteiger partial charge is 0.339 e. The van der Waals surface area contributed by atoms with Gasteiger partial charge in [0.15, 0.2) is 9.84 Å². The second-order valence-corrected chi connectivity index (χ2v) is 8.97. The molecule has 0 aromatic carbocycles. The molecule has 6 nitrogen and oxygen atoms in total. The van der Waals surface area contributed by atoms with Crippen molar-refractivity contribution in [2.45, 2.75) is 33.1 Å². The molecular formula is C15H26N2O4S. The van der Waals surface area contributed by atoms with Gasteiger partial charge < -0.3 is 9.80 Å². The van der Waals surface area contributed by atoms with E-state index >= 15 is 0 Å². The summed E-state index contributed by atoms with van der Waals surface area (Å²) >= 11 is 0. The van der Waals surface area contributed by atoms with Gasteiger partial charge in [-0.1, -0.05) is 13.8 Å². The first-order valence-electron chi connectivity index (χ1n) is 8.05. The molecule has 0 aromatic heterocycles. The summed E-state index contributed by atoms with van der Waals surface area (Å²) in [6.07, 6.45) is 1.89. The number of sulfone groups is 1. The average Bonchev–Trinajstić information content (AvgIpc) is 2.84. The summed E-state index contributed by atoms with van der Waals surface area (Å²) in [4.78, 5) is 27.9. The summed E-state index contributed by atoms with van der Waals surface area (Å²) < 4.78 is 22.9. The molecule has 1 atom stereocenters. The minimum absolute atomic E-state index is 0.0145. The van der Waals surface area contributed by atoms with Gasteiger partial charge in [-0.15, -0.1) is 0 Å². The van der Waals surface area contributed by atoms with Crippen molar-refractivity contribution in [2.24, 2.45) is 11.8 Å². The Labute approximate surface area is 132 Å². The molecule has 7 heteroatoms. The number of hydrogen-bond donors (Lipinski definition) is 0. The van der Waals surface area contributed by atoms with Crippen molar-refractivity contribution >= 4 is 21.7 Å². The highest BCUT2D eigenvalue weighted by molar-refractivity contribution is 7.91. The Hall–Kier alpha value is -1.11. The van der Waals surface area contributed by atoms with E-state index in [2.05, 4.69) is 13.8 Å². The van der Waals surface area contributed by atoms with Crippen molar-refractivity contribution < 1.29 is 18.0 Å². The van der Waals surface area contributed by atoms with Crippen LogP contribution in [0.1, 0.15) is 33.1 Å². The van der Waals surface area contributed by atoms with Crippen molar-refractivity contribution in [3.8, 4) is 0 Å². The second-order valence-electron chi connectivity index (χ2n) is 6.74. The Morgan fingerprint density at radius 2 is 1.68 bits per heavy atom. The summed E-state index contributed by atoms with van der Waals surface area (Å²) in [7, 11) is -3.03. The van der Waals surface area contributed by atoms with Gasteiger partial charge in [0.05, 0.1) is 17.4 Å². The molecule has 126 valence electrons. The number of rotatable bonds is 4. The van der Waals surface area contributed by atoms with Crippen molar-refractivity contribution in [1.29, 1.82) is 0 Å². The molecule has 0 aromatic rings. The van der Waals surface area contributed by atoms with Crippen LogP contribution in [0.3, 0.4) is 0 Å². The van der Waals surface area contributed by atoms with Crippen LogP contribution in [0.2, 0.25) is 0 Å². The zero-order valence-corrected chi connectivity index (χ0v) is 14.3. The molecule has 2 rings (SSSR count). The lowest BCUT2D eigenvalue weighted by molar-refractivity contribution is -0.141. The fourth-order valence-electron chi connectivity index (χ4n) is 2.99. The smallest absolute Gasteiger partial charge is 0.226 e. The summed E-state index contributed by atoms with van der Waals surface area (Å²) in [6, 6.07) is 0. The monoisotopic (exact) mass is 330 g/mol. The van der Waals surface area contributed by atoms with Crippen LogP contribution in [0.4, 0.5) is 0 Å². The Balaban J connectivity index is 1.79. The topological polar surface area (TPSA) is 74.8 Å². The van der Waals surface area contributed by atoms with Gasteiger partial charge in [-0.2, -0.15) is 0 Å². The van der Waals surface area contributed by atoms with E-state index in [9.17, 15) is 18.0 Å². The van der Waals surface area contributed by atoms with Gasteiger partial charge in [0.1, 0.15) is 0 Å². The van der Waals surface area contributed by atoms with Crippen LogP contribution < -0.4 is 0 Å². The van der Waals surface area contributed by atoms with Gasteiger partial charge in [0, 0.05) is 32.6 Å². The first kappa shape index (κ1) is 17.2. The van der Waals surface area contributed by atoms with Crippen LogP contribution in [0.5, 0.6) is 0 Å². The third kappa shape index (κ3) is 4.44. The molecule has 0 radical (unpaired) electrons. The first-order chi connectivity index (χ1) is 10.3. The molecule has 0 spiro atoms. The number of amides is 2. The fourth-order valence-corrected chi connectivity index (χ4v) is 4.73. The minimum Gasteiger partial charge on any atom is -0.339 e. The van der Waals surface area contributed by atoms with Crippen LogP contribution >= 0.6 is 0 Å². The molecule has 2 aliphatic rings. The molecule has 2 fully saturated rings. The summed E-state index contributed by atoms with van der Waals surface area (Å²) in [5.41, 5.74) is 0. The molecule has 0 bridgehead atoms. The maximum atomic E-state index is 12.3. The third-order valence-electron chi connectivity index (χ3n) is 4.46. The van der Waals surface area contributed by atoms with Gasteiger partial charge in [-0.25, -0.2) is 8.42 Å². The Bertz CT molecular complexity index is 522. The van der Waals surface area contributed by atoms with Gasteiger partial charge in [0.2, 0.25) is 11.8 Å². The van der Waals surface area contributed by atoms with Crippen molar-refractivity contribution in [3.05, 3.63) is 0 Å². The van der Waals surface area contributed by atoms with Crippen LogP contribution in [0, 0.1) is 11.8 Å². The molecule has 2 aliphatic heterocycles. The van der Waals surface area contributed by atoms with Crippen LogP contribution in [0.25, 0.3) is 0 Å². The molecule has 0 N–H and O–H groups in total. The van der Waals surface area contributed by atoms with E-state index in [1.807, 2.05) is 4.90 Å². The molecule has 2 heterocycles. The Morgan fingerprint density at radius 3 is 2.18 bits per heavy atom. The Kier molecular flexibility index (Phi) is 5.47. The van der Waals surface area contributed by atoms with Crippen LogP contribution in [-0.2, 0) is 19.4 Å². The zero-order valence-electron chi connectivity index (χ0n) is 13.5. The lowest BCUT2D eigenvalue weighted by atomic mass is 10.1. The van der Waals surface area contributed by atoms with Crippen molar-refractivity contribution in [2.75, 3.05) is 37.7 Å². The van der Waals surface area contributed by atoms with Gasteiger partial charge in [-0.05, 0) is 18.8 Å². The standard InChI is InChI=1S/C15H26N2O4S/c1-12(2)3-4-14(18)16-6-8-17(9-7-16)15(19)13-5-10-22(20,21)11-13/h12-13H,3-11H2,1-2H3. The molecule has 22 heavy (non-hydrogen) atoms. The van der Waals surface area contributed by atoms with E-state index in [0.717, 1.165) is 6.42 Å². The second kappa shape index (κ2) is 6.98. The molecule has 2 saturated heterocycles. The number of carbonyl (C=O) groups excluding carboxylic acids is 2. The van der Waals surface area contributed by atoms with Crippen LogP contribution in [-0.4, -0.2) is 67.7 Å². The average molecular weight is 330 g/mol. The fraction of sp³-hybridized carbons (Fsp3) is 0.867. The number of piperazine rings is 1. The molecule has 0 saturated carbocycles. The lowest BCUT2D eigenvalue weighted by Crippen LogP contribution is -2.52. The summed E-state index contributed by atoms with van der Waals surface area (Å²) in [5, 5.41) is 0. The number of carbonyl (C=O) groups is 2. The van der Waals surface area contributed by atoms with Gasteiger partial charge >= 0.3 is 0 Å². The van der Waals surface area contributed by atoms with Crippen LogP contribution in [0.15, 0.2) is 0 Å². The first-order valence-corrected chi connectivity index (χ1v) is 9.87. The minimum atomic E-state index is -3.03. The summed E-state index contributed by atoms with van der Waals surface area (Å²) in [6.45, 7) is 6.34. The molecular weight excluding hydrogens is 304 g/mol. The lowest BCUT2D eigenvalue weighted by Gasteiger charge is -2.36. The van der Waals surface area contributed by atoms with Gasteiger partial charge in [-0.3, -0.25) is 9.59 Å². The predicted molar refractivity (Wildman–Crippen MR) is 84.0 cm³/mol. The third-order valence-corrected chi connectivity index (χ3v) is 6.23. The molecule has 0 aliphatic carbocycles. The van der Waals surface area contributed by atoms with E-state index in [1.54, 1.807) is 4.90 Å². The maximum absolute atomic E-state index is 12.3.